The smallest absolute Gasteiger partial charge is 0.340 e. The van der Waals surface area contributed by atoms with Crippen LogP contribution < -0.4 is 10.0 Å². The molecule has 8 nitrogen and oxygen atoms in total. The number of primary sulfonamides is 1. The molecular weight excluding hydrogens is 413 g/mol. The highest BCUT2D eigenvalue weighted by molar-refractivity contribution is 7.89. The van der Waals surface area contributed by atoms with Gasteiger partial charge in [0, 0.05) is 26.2 Å². The molecule has 1 aliphatic heterocycles. The van der Waals surface area contributed by atoms with Crippen LogP contribution >= 0.6 is 0 Å². The van der Waals surface area contributed by atoms with E-state index in [1.807, 2.05) is 4.90 Å². The number of rotatable bonds is 5. The molecule has 160 valence electrons. The van der Waals surface area contributed by atoms with Crippen LogP contribution in [0.5, 0.6) is 0 Å². The van der Waals surface area contributed by atoms with Crippen LogP contribution in [0.15, 0.2) is 47.4 Å². The number of amides is 1. The number of anilines is 1. The van der Waals surface area contributed by atoms with Crippen molar-refractivity contribution in [3.63, 3.8) is 0 Å². The molecule has 1 heterocycles. The number of halogens is 1. The molecule has 0 radical (unpaired) electrons. The maximum Gasteiger partial charge on any atom is 0.340 e. The summed E-state index contributed by atoms with van der Waals surface area (Å²) >= 11 is 0. The molecule has 1 fully saturated rings. The van der Waals surface area contributed by atoms with Crippen molar-refractivity contribution in [2.24, 2.45) is 5.14 Å². The van der Waals surface area contributed by atoms with E-state index >= 15 is 0 Å². The van der Waals surface area contributed by atoms with Gasteiger partial charge in [-0.15, -0.1) is 0 Å². The van der Waals surface area contributed by atoms with Crippen LogP contribution in [0, 0.1) is 5.82 Å². The Labute approximate surface area is 174 Å². The highest BCUT2D eigenvalue weighted by Gasteiger charge is 2.25. The number of methoxy groups -OCH3 is 1. The number of benzene rings is 2. The first kappa shape index (κ1) is 21.7. The maximum atomic E-state index is 13.0. The Bertz CT molecular complexity index is 1050. The number of nitrogens with two attached hydrogens (primary N) is 1. The average Bonchev–Trinajstić information content (AvgIpc) is 2.74. The van der Waals surface area contributed by atoms with Crippen molar-refractivity contribution in [1.29, 1.82) is 0 Å². The Morgan fingerprint density at radius 2 is 1.70 bits per heavy atom. The van der Waals surface area contributed by atoms with E-state index in [0.29, 0.717) is 31.9 Å². The summed E-state index contributed by atoms with van der Waals surface area (Å²) in [7, 11) is -2.76. The minimum absolute atomic E-state index is 0.0703. The monoisotopic (exact) mass is 435 g/mol. The minimum Gasteiger partial charge on any atom is -0.465 e. The van der Waals surface area contributed by atoms with Crippen LogP contribution in [0.3, 0.4) is 0 Å². The molecule has 1 saturated heterocycles. The lowest BCUT2D eigenvalue weighted by Crippen LogP contribution is -2.49. The molecule has 0 aromatic heterocycles. The zero-order valence-electron chi connectivity index (χ0n) is 16.4. The average molecular weight is 435 g/mol. The predicted molar refractivity (Wildman–Crippen MR) is 108 cm³/mol. The first-order chi connectivity index (χ1) is 14.2. The van der Waals surface area contributed by atoms with Gasteiger partial charge in [-0.3, -0.25) is 4.79 Å². The highest BCUT2D eigenvalue weighted by Crippen LogP contribution is 2.26. The second kappa shape index (κ2) is 8.80. The third-order valence-corrected chi connectivity index (χ3v) is 5.85. The van der Waals surface area contributed by atoms with Crippen molar-refractivity contribution in [2.45, 2.75) is 11.3 Å². The van der Waals surface area contributed by atoms with Crippen molar-refractivity contribution in [2.75, 3.05) is 38.2 Å². The Morgan fingerprint density at radius 3 is 2.27 bits per heavy atom. The number of hydrogen-bond acceptors (Lipinski definition) is 6. The third-order valence-electron chi connectivity index (χ3n) is 4.94. The molecule has 1 amide bonds. The van der Waals surface area contributed by atoms with Gasteiger partial charge in [-0.1, -0.05) is 12.1 Å². The molecule has 2 aromatic carbocycles. The molecule has 10 heteroatoms. The lowest BCUT2D eigenvalue weighted by Gasteiger charge is -2.37. The summed E-state index contributed by atoms with van der Waals surface area (Å²) in [6.45, 7) is 1.76. The highest BCUT2D eigenvalue weighted by atomic mass is 32.2. The Kier molecular flexibility index (Phi) is 6.37. The number of piperazine rings is 1. The van der Waals surface area contributed by atoms with E-state index in [1.165, 1.54) is 37.4 Å². The summed E-state index contributed by atoms with van der Waals surface area (Å²) in [6.07, 6.45) is 0.177. The van der Waals surface area contributed by atoms with Crippen LogP contribution in [-0.2, 0) is 26.0 Å². The van der Waals surface area contributed by atoms with E-state index in [2.05, 4.69) is 0 Å². The maximum absolute atomic E-state index is 13.0. The number of nitrogens with zero attached hydrogens (tertiary/aromatic N) is 2. The molecule has 3 rings (SSSR count). The Hall–Kier alpha value is -2.98. The molecular formula is C20H22FN3O5S. The van der Waals surface area contributed by atoms with Gasteiger partial charge in [0.2, 0.25) is 15.9 Å². The van der Waals surface area contributed by atoms with Crippen LogP contribution in [0.1, 0.15) is 15.9 Å². The van der Waals surface area contributed by atoms with Crippen LogP contribution in [0.4, 0.5) is 10.1 Å². The second-order valence-corrected chi connectivity index (χ2v) is 8.45. The number of esters is 1. The lowest BCUT2D eigenvalue weighted by molar-refractivity contribution is -0.130. The van der Waals surface area contributed by atoms with Crippen molar-refractivity contribution >= 4 is 27.6 Å². The predicted octanol–water partition coefficient (Wildman–Crippen LogP) is 1.15. The number of sulfonamides is 1. The van der Waals surface area contributed by atoms with Gasteiger partial charge >= 0.3 is 5.97 Å². The molecule has 0 spiro atoms. The molecule has 2 N–H and O–H groups in total. The molecule has 0 aliphatic carbocycles. The first-order valence-corrected chi connectivity index (χ1v) is 10.8. The summed E-state index contributed by atoms with van der Waals surface area (Å²) in [5.74, 6) is -1.10. The summed E-state index contributed by atoms with van der Waals surface area (Å²) in [4.78, 5) is 28.1. The van der Waals surface area contributed by atoms with Crippen LogP contribution in [0.2, 0.25) is 0 Å². The SMILES string of the molecule is COC(=O)c1cc(S(N)(=O)=O)ccc1N1CCN(C(=O)Cc2ccc(F)cc2)CC1. The van der Waals surface area contributed by atoms with Gasteiger partial charge in [0.25, 0.3) is 0 Å². The lowest BCUT2D eigenvalue weighted by atomic mass is 10.1. The fourth-order valence-corrected chi connectivity index (χ4v) is 3.87. The van der Waals surface area contributed by atoms with Gasteiger partial charge in [-0.25, -0.2) is 22.7 Å². The summed E-state index contributed by atoms with van der Waals surface area (Å²) in [5.41, 5.74) is 1.34. The van der Waals surface area contributed by atoms with Crippen LogP contribution in [0.25, 0.3) is 0 Å². The summed E-state index contributed by atoms with van der Waals surface area (Å²) < 4.78 is 41.0. The largest absolute Gasteiger partial charge is 0.465 e. The fourth-order valence-electron chi connectivity index (χ4n) is 3.33. The van der Waals surface area contributed by atoms with Crippen molar-refractivity contribution in [3.8, 4) is 0 Å². The Morgan fingerprint density at radius 1 is 1.07 bits per heavy atom. The van der Waals surface area contributed by atoms with Crippen molar-refractivity contribution in [3.05, 3.63) is 59.4 Å². The van der Waals surface area contributed by atoms with E-state index in [4.69, 9.17) is 9.88 Å². The van der Waals surface area contributed by atoms with E-state index < -0.39 is 16.0 Å². The number of carbonyl (C=O) groups is 2. The molecule has 0 unspecified atom stereocenters. The van der Waals surface area contributed by atoms with Gasteiger partial charge in [0.05, 0.1) is 29.7 Å². The Balaban J connectivity index is 1.71. The molecule has 0 atom stereocenters. The van der Waals surface area contributed by atoms with Gasteiger partial charge in [-0.05, 0) is 35.9 Å². The van der Waals surface area contributed by atoms with E-state index in [0.717, 1.165) is 5.56 Å². The van der Waals surface area contributed by atoms with Crippen molar-refractivity contribution in [1.82, 2.24) is 4.90 Å². The quantitative estimate of drug-likeness (QED) is 0.706. The molecule has 30 heavy (non-hydrogen) atoms. The van der Waals surface area contributed by atoms with E-state index in [1.54, 1.807) is 17.0 Å². The van der Waals surface area contributed by atoms with E-state index in [-0.39, 0.29) is 28.6 Å². The van der Waals surface area contributed by atoms with Gasteiger partial charge in [-0.2, -0.15) is 0 Å². The number of ether oxygens (including phenoxy) is 1. The number of carbonyl (C=O) groups excluding carboxylic acids is 2. The third kappa shape index (κ3) is 4.95. The first-order valence-electron chi connectivity index (χ1n) is 9.21. The topological polar surface area (TPSA) is 110 Å². The zero-order chi connectivity index (χ0) is 21.9. The number of hydrogen-bond donors (Lipinski definition) is 1. The molecule has 0 saturated carbocycles. The van der Waals surface area contributed by atoms with Crippen molar-refractivity contribution < 1.29 is 27.1 Å². The van der Waals surface area contributed by atoms with E-state index in [9.17, 15) is 22.4 Å². The standard InChI is InChI=1S/C20H22FN3O5S/c1-29-20(26)17-13-16(30(22,27)28)6-7-18(17)23-8-10-24(11-9-23)19(25)12-14-2-4-15(21)5-3-14/h2-7,13H,8-12H2,1H3,(H2,22,27,28). The molecule has 1 aliphatic rings. The van der Waals surface area contributed by atoms with Gasteiger partial charge in [0.15, 0.2) is 0 Å². The fraction of sp³-hybridized carbons (Fsp3) is 0.300. The van der Waals surface area contributed by atoms with Gasteiger partial charge < -0.3 is 14.5 Å². The summed E-state index contributed by atoms with van der Waals surface area (Å²) in [6, 6.07) is 9.85. The summed E-state index contributed by atoms with van der Waals surface area (Å²) in [5, 5.41) is 5.16. The minimum atomic E-state index is -3.97. The zero-order valence-corrected chi connectivity index (χ0v) is 17.2. The molecule has 2 aromatic rings. The van der Waals surface area contributed by atoms with Crippen LogP contribution in [-0.4, -0.2) is 58.5 Å². The second-order valence-electron chi connectivity index (χ2n) is 6.89. The molecule has 0 bridgehead atoms. The van der Waals surface area contributed by atoms with Gasteiger partial charge in [0.1, 0.15) is 5.82 Å². The normalized spacial score (nSPS) is 14.5.